The molecule has 3 rings (SSSR count). The average Bonchev–Trinajstić information content (AvgIpc) is 2.63. The number of rotatable bonds is 5. The zero-order chi connectivity index (χ0) is 18.7. The van der Waals surface area contributed by atoms with Crippen LogP contribution in [-0.4, -0.2) is 14.2 Å². The molecule has 3 aromatic rings. The predicted octanol–water partition coefficient (Wildman–Crippen LogP) is 4.98. The van der Waals surface area contributed by atoms with Crippen molar-refractivity contribution in [3.8, 4) is 0 Å². The summed E-state index contributed by atoms with van der Waals surface area (Å²) in [6.07, 6.45) is 0. The van der Waals surface area contributed by atoms with Gasteiger partial charge in [0.25, 0.3) is 10.0 Å². The van der Waals surface area contributed by atoms with Crippen molar-refractivity contribution in [1.82, 2.24) is 0 Å². The van der Waals surface area contributed by atoms with E-state index in [0.717, 1.165) is 3.57 Å². The molecule has 0 atom stereocenters. The molecule has 0 spiro atoms. The maximum Gasteiger partial charge on any atom is 0.261 e. The number of anilines is 1. The van der Waals surface area contributed by atoms with E-state index >= 15 is 0 Å². The van der Waals surface area contributed by atoms with Crippen LogP contribution in [0, 0.1) is 3.57 Å². The molecule has 7 heteroatoms. The molecule has 0 heterocycles. The van der Waals surface area contributed by atoms with Crippen LogP contribution in [0.1, 0.15) is 15.9 Å². The molecule has 0 saturated carbocycles. The van der Waals surface area contributed by atoms with E-state index < -0.39 is 10.0 Å². The smallest absolute Gasteiger partial charge is 0.261 e. The van der Waals surface area contributed by atoms with Crippen LogP contribution in [-0.2, 0) is 10.0 Å². The van der Waals surface area contributed by atoms with Crippen molar-refractivity contribution in [2.75, 3.05) is 4.72 Å². The largest absolute Gasteiger partial charge is 0.289 e. The quantitative estimate of drug-likeness (QED) is 0.400. The van der Waals surface area contributed by atoms with Crippen LogP contribution in [0.25, 0.3) is 0 Å². The van der Waals surface area contributed by atoms with Gasteiger partial charge in [-0.05, 0) is 65.1 Å². The van der Waals surface area contributed by atoms with E-state index in [1.165, 1.54) is 30.3 Å². The number of sulfonamides is 1. The number of hydrogen-bond donors (Lipinski definition) is 1. The fourth-order valence-electron chi connectivity index (χ4n) is 2.36. The van der Waals surface area contributed by atoms with Gasteiger partial charge in [0.1, 0.15) is 0 Å². The van der Waals surface area contributed by atoms with Crippen LogP contribution in [0.5, 0.6) is 0 Å². The number of nitrogens with one attached hydrogen (secondary N) is 1. The number of benzene rings is 3. The van der Waals surface area contributed by atoms with E-state index in [0.29, 0.717) is 10.6 Å². The zero-order valence-corrected chi connectivity index (χ0v) is 17.0. The van der Waals surface area contributed by atoms with Crippen LogP contribution in [0.15, 0.2) is 77.7 Å². The van der Waals surface area contributed by atoms with Gasteiger partial charge in [-0.1, -0.05) is 41.9 Å². The van der Waals surface area contributed by atoms with Gasteiger partial charge in [0.05, 0.1) is 10.6 Å². The van der Waals surface area contributed by atoms with Crippen molar-refractivity contribution in [2.45, 2.75) is 4.90 Å². The molecule has 132 valence electrons. The Hall–Kier alpha value is -1.90. The lowest BCUT2D eigenvalue weighted by Gasteiger charge is -2.13. The molecule has 3 aromatic carbocycles. The molecule has 4 nitrogen and oxygen atoms in total. The number of halogens is 2. The maximum atomic E-state index is 12.8. The third-order valence-corrected chi connectivity index (χ3v) is 5.97. The summed E-state index contributed by atoms with van der Waals surface area (Å²) in [6.45, 7) is 0. The first kappa shape index (κ1) is 18.9. The average molecular weight is 498 g/mol. The first-order valence-corrected chi connectivity index (χ1v) is 10.5. The van der Waals surface area contributed by atoms with Gasteiger partial charge in [-0.15, -0.1) is 0 Å². The van der Waals surface area contributed by atoms with Gasteiger partial charge >= 0.3 is 0 Å². The third kappa shape index (κ3) is 4.25. The normalized spacial score (nSPS) is 11.2. The van der Waals surface area contributed by atoms with Gasteiger partial charge in [0, 0.05) is 19.7 Å². The van der Waals surface area contributed by atoms with Crippen LogP contribution in [0.3, 0.4) is 0 Å². The Kier molecular flexibility index (Phi) is 5.64. The molecular weight excluding hydrogens is 485 g/mol. The Bertz CT molecular complexity index is 1050. The Labute approximate surface area is 170 Å². The zero-order valence-electron chi connectivity index (χ0n) is 13.3. The second-order valence-corrected chi connectivity index (χ2v) is 8.81. The highest BCUT2D eigenvalue weighted by molar-refractivity contribution is 14.1. The molecule has 0 amide bonds. The Morgan fingerprint density at radius 1 is 0.923 bits per heavy atom. The standard InChI is InChI=1S/C19H13ClINO3S/c20-14-6-11-18(17(12-14)19(23)13-4-2-1-3-5-13)22-26(24,25)16-9-7-15(21)8-10-16/h1-12,22H. The summed E-state index contributed by atoms with van der Waals surface area (Å²) < 4.78 is 28.7. The van der Waals surface area contributed by atoms with Crippen LogP contribution < -0.4 is 4.72 Å². The van der Waals surface area contributed by atoms with E-state index in [9.17, 15) is 13.2 Å². The fraction of sp³-hybridized carbons (Fsp3) is 0. The molecule has 1 N–H and O–H groups in total. The number of ketones is 1. The second kappa shape index (κ2) is 7.77. The second-order valence-electron chi connectivity index (χ2n) is 5.44. The minimum atomic E-state index is -3.83. The lowest BCUT2D eigenvalue weighted by atomic mass is 10.0. The van der Waals surface area contributed by atoms with E-state index in [4.69, 9.17) is 11.6 Å². The van der Waals surface area contributed by atoms with Crippen molar-refractivity contribution in [3.63, 3.8) is 0 Å². The van der Waals surface area contributed by atoms with Gasteiger partial charge in [-0.2, -0.15) is 0 Å². The highest BCUT2D eigenvalue weighted by Crippen LogP contribution is 2.26. The lowest BCUT2D eigenvalue weighted by Crippen LogP contribution is -2.16. The molecular formula is C19H13ClINO3S. The van der Waals surface area contributed by atoms with Crippen molar-refractivity contribution >= 4 is 55.7 Å². The van der Waals surface area contributed by atoms with Gasteiger partial charge in [0.2, 0.25) is 0 Å². The highest BCUT2D eigenvalue weighted by Gasteiger charge is 2.20. The summed E-state index contributed by atoms with van der Waals surface area (Å²) >= 11 is 8.12. The lowest BCUT2D eigenvalue weighted by molar-refractivity contribution is 0.103. The van der Waals surface area contributed by atoms with E-state index in [2.05, 4.69) is 27.3 Å². The number of hydrogen-bond acceptors (Lipinski definition) is 3. The summed E-state index contributed by atoms with van der Waals surface area (Å²) in [7, 11) is -3.83. The van der Waals surface area contributed by atoms with E-state index in [1.54, 1.807) is 42.5 Å². The Balaban J connectivity index is 2.01. The summed E-state index contributed by atoms with van der Waals surface area (Å²) in [5, 5.41) is 0.349. The molecule has 0 bridgehead atoms. The molecule has 0 aromatic heterocycles. The fourth-order valence-corrected chi connectivity index (χ4v) is 3.97. The first-order chi connectivity index (χ1) is 12.4. The van der Waals surface area contributed by atoms with Crippen molar-refractivity contribution < 1.29 is 13.2 Å². The van der Waals surface area contributed by atoms with Crippen LogP contribution in [0.4, 0.5) is 5.69 Å². The predicted molar refractivity (Wildman–Crippen MR) is 111 cm³/mol. The highest BCUT2D eigenvalue weighted by atomic mass is 127. The molecule has 0 aliphatic heterocycles. The van der Waals surface area contributed by atoms with Crippen LogP contribution >= 0.6 is 34.2 Å². The molecule has 0 aliphatic rings. The minimum Gasteiger partial charge on any atom is -0.289 e. The third-order valence-electron chi connectivity index (χ3n) is 3.63. The van der Waals surface area contributed by atoms with E-state index in [1.807, 2.05) is 0 Å². The monoisotopic (exact) mass is 497 g/mol. The number of carbonyl (C=O) groups excluding carboxylic acids is 1. The van der Waals surface area contributed by atoms with E-state index in [-0.39, 0.29) is 21.9 Å². The van der Waals surface area contributed by atoms with Crippen LogP contribution in [0.2, 0.25) is 5.02 Å². The first-order valence-electron chi connectivity index (χ1n) is 7.54. The van der Waals surface area contributed by atoms with Gasteiger partial charge in [0.15, 0.2) is 5.78 Å². The summed E-state index contributed by atoms with van der Waals surface area (Å²) in [5.41, 5.74) is 0.823. The summed E-state index contributed by atoms with van der Waals surface area (Å²) in [4.78, 5) is 12.9. The molecule has 0 radical (unpaired) electrons. The van der Waals surface area contributed by atoms with Crippen molar-refractivity contribution in [3.05, 3.63) is 92.5 Å². The Morgan fingerprint density at radius 3 is 2.23 bits per heavy atom. The summed E-state index contributed by atoms with van der Waals surface area (Å²) in [5.74, 6) is -0.312. The molecule has 26 heavy (non-hydrogen) atoms. The maximum absolute atomic E-state index is 12.8. The summed E-state index contributed by atoms with van der Waals surface area (Å²) in [6, 6.07) is 19.5. The van der Waals surface area contributed by atoms with Gasteiger partial charge in [-0.25, -0.2) is 8.42 Å². The van der Waals surface area contributed by atoms with Crippen molar-refractivity contribution in [1.29, 1.82) is 0 Å². The minimum absolute atomic E-state index is 0.117. The Morgan fingerprint density at radius 2 is 1.58 bits per heavy atom. The molecule has 0 saturated heterocycles. The molecule has 0 fully saturated rings. The molecule has 0 unspecified atom stereocenters. The van der Waals surface area contributed by atoms with Crippen molar-refractivity contribution in [2.24, 2.45) is 0 Å². The van der Waals surface area contributed by atoms with Gasteiger partial charge in [-0.3, -0.25) is 9.52 Å². The SMILES string of the molecule is O=C(c1ccccc1)c1cc(Cl)ccc1NS(=O)(=O)c1ccc(I)cc1. The molecule has 0 aliphatic carbocycles. The topological polar surface area (TPSA) is 63.2 Å². The van der Waals surface area contributed by atoms with Gasteiger partial charge < -0.3 is 0 Å². The number of carbonyl (C=O) groups is 1.